The Hall–Kier alpha value is -0.0800. The molecule has 2 nitrogen and oxygen atoms in total. The van der Waals surface area contributed by atoms with Crippen LogP contribution in [0.15, 0.2) is 0 Å². The van der Waals surface area contributed by atoms with Gasteiger partial charge in [-0.25, -0.2) is 0 Å². The molecule has 15 heavy (non-hydrogen) atoms. The molecule has 1 rings (SSSR count). The lowest BCUT2D eigenvalue weighted by Gasteiger charge is -2.42. The van der Waals surface area contributed by atoms with E-state index < -0.39 is 0 Å². The third-order valence-corrected chi connectivity index (χ3v) is 3.11. The second-order valence-electron chi connectivity index (χ2n) is 5.81. The fraction of sp³-hybridized carbons (Fsp3) is 1.00. The largest absolute Gasteiger partial charge is 0.375 e. The maximum Gasteiger partial charge on any atom is 0.0694 e. The quantitative estimate of drug-likeness (QED) is 0.732. The first-order chi connectivity index (χ1) is 6.97. The summed E-state index contributed by atoms with van der Waals surface area (Å²) in [6, 6.07) is 0. The first-order valence-corrected chi connectivity index (χ1v) is 6.36. The third kappa shape index (κ3) is 4.52. The van der Waals surface area contributed by atoms with E-state index in [2.05, 4.69) is 33.0 Å². The van der Waals surface area contributed by atoms with E-state index in [1.807, 2.05) is 0 Å². The van der Waals surface area contributed by atoms with Crippen molar-refractivity contribution in [2.75, 3.05) is 13.2 Å². The second-order valence-corrected chi connectivity index (χ2v) is 5.81. The molecule has 90 valence electrons. The molecule has 1 aliphatic rings. The van der Waals surface area contributed by atoms with E-state index in [9.17, 15) is 0 Å². The van der Waals surface area contributed by atoms with Crippen LogP contribution in [0.4, 0.5) is 0 Å². The number of hydrogen-bond donors (Lipinski definition) is 1. The van der Waals surface area contributed by atoms with E-state index >= 15 is 0 Å². The molecular formula is C13H27NO. The molecule has 0 spiro atoms. The fourth-order valence-corrected chi connectivity index (χ4v) is 2.02. The molecule has 0 atom stereocenters. The van der Waals surface area contributed by atoms with Crippen molar-refractivity contribution in [3.8, 4) is 0 Å². The summed E-state index contributed by atoms with van der Waals surface area (Å²) in [6.45, 7) is 10.8. The maximum atomic E-state index is 5.99. The summed E-state index contributed by atoms with van der Waals surface area (Å²) in [5.41, 5.74) is 0.462. The van der Waals surface area contributed by atoms with Gasteiger partial charge in [0.2, 0.25) is 0 Å². The highest BCUT2D eigenvalue weighted by Crippen LogP contribution is 2.38. The third-order valence-electron chi connectivity index (χ3n) is 3.11. The molecule has 1 saturated carbocycles. The van der Waals surface area contributed by atoms with Gasteiger partial charge in [-0.05, 0) is 59.4 Å². The van der Waals surface area contributed by atoms with Gasteiger partial charge in [0.25, 0.3) is 0 Å². The zero-order valence-corrected chi connectivity index (χ0v) is 10.9. The van der Waals surface area contributed by atoms with Crippen LogP contribution in [-0.2, 0) is 4.74 Å². The Morgan fingerprint density at radius 1 is 1.27 bits per heavy atom. The van der Waals surface area contributed by atoms with Crippen molar-refractivity contribution >= 4 is 0 Å². The van der Waals surface area contributed by atoms with Crippen molar-refractivity contribution in [2.45, 2.75) is 70.9 Å². The van der Waals surface area contributed by atoms with Crippen molar-refractivity contribution < 1.29 is 4.74 Å². The van der Waals surface area contributed by atoms with Crippen molar-refractivity contribution in [1.82, 2.24) is 5.32 Å². The molecular weight excluding hydrogens is 186 g/mol. The average molecular weight is 213 g/mol. The summed E-state index contributed by atoms with van der Waals surface area (Å²) in [5, 5.41) is 3.54. The zero-order valence-electron chi connectivity index (χ0n) is 10.9. The van der Waals surface area contributed by atoms with Gasteiger partial charge in [0.1, 0.15) is 0 Å². The number of nitrogens with one attached hydrogen (secondary N) is 1. The summed E-state index contributed by atoms with van der Waals surface area (Å²) >= 11 is 0. The summed E-state index contributed by atoms with van der Waals surface area (Å²) in [5.74, 6) is 0. The van der Waals surface area contributed by atoms with Crippen LogP contribution in [-0.4, -0.2) is 24.3 Å². The Bertz CT molecular complexity index is 179. The molecule has 0 unspecified atom stereocenters. The van der Waals surface area contributed by atoms with Gasteiger partial charge < -0.3 is 10.1 Å². The van der Waals surface area contributed by atoms with E-state index in [1.54, 1.807) is 0 Å². The van der Waals surface area contributed by atoms with Gasteiger partial charge in [-0.2, -0.15) is 0 Å². The van der Waals surface area contributed by atoms with Crippen LogP contribution in [0.3, 0.4) is 0 Å². The van der Waals surface area contributed by atoms with Crippen LogP contribution in [0.5, 0.6) is 0 Å². The van der Waals surface area contributed by atoms with E-state index in [0.717, 1.165) is 19.6 Å². The van der Waals surface area contributed by atoms with Crippen molar-refractivity contribution in [1.29, 1.82) is 0 Å². The molecule has 0 saturated heterocycles. The minimum absolute atomic E-state index is 0.230. The van der Waals surface area contributed by atoms with Crippen LogP contribution in [0.1, 0.15) is 59.8 Å². The van der Waals surface area contributed by atoms with Crippen LogP contribution < -0.4 is 5.32 Å². The summed E-state index contributed by atoms with van der Waals surface area (Å²) in [4.78, 5) is 0. The normalized spacial score (nSPS) is 20.0. The predicted molar refractivity (Wildman–Crippen MR) is 65.2 cm³/mol. The minimum atomic E-state index is 0.230. The number of hydrogen-bond acceptors (Lipinski definition) is 2. The standard InChI is InChI=1S/C13H27NO/c1-5-11-15-13(7-6-8-13)9-10-14-12(2,3)4/h14H,5-11H2,1-4H3. The van der Waals surface area contributed by atoms with Gasteiger partial charge in [-0.1, -0.05) is 6.92 Å². The van der Waals surface area contributed by atoms with Gasteiger partial charge in [0.15, 0.2) is 0 Å². The first kappa shape index (κ1) is 13.0. The molecule has 0 aromatic carbocycles. The van der Waals surface area contributed by atoms with Gasteiger partial charge in [-0.3, -0.25) is 0 Å². The SMILES string of the molecule is CCCOC1(CCNC(C)(C)C)CCC1. The second kappa shape index (κ2) is 5.31. The monoisotopic (exact) mass is 213 g/mol. The molecule has 0 aromatic heterocycles. The lowest BCUT2D eigenvalue weighted by molar-refractivity contribution is -0.104. The number of rotatable bonds is 6. The van der Waals surface area contributed by atoms with E-state index in [0.29, 0.717) is 0 Å². The molecule has 0 amide bonds. The molecule has 0 heterocycles. The Morgan fingerprint density at radius 3 is 2.33 bits per heavy atom. The molecule has 0 radical (unpaired) electrons. The summed E-state index contributed by atoms with van der Waals surface area (Å²) < 4.78 is 5.99. The van der Waals surface area contributed by atoms with Crippen LogP contribution >= 0.6 is 0 Å². The molecule has 2 heteroatoms. The Labute approximate surface area is 94.8 Å². The lowest BCUT2D eigenvalue weighted by Crippen LogP contribution is -2.45. The smallest absolute Gasteiger partial charge is 0.0694 e. The van der Waals surface area contributed by atoms with Crippen LogP contribution in [0.25, 0.3) is 0 Å². The van der Waals surface area contributed by atoms with E-state index in [-0.39, 0.29) is 11.1 Å². The summed E-state index contributed by atoms with van der Waals surface area (Å²) in [7, 11) is 0. The Morgan fingerprint density at radius 2 is 1.93 bits per heavy atom. The first-order valence-electron chi connectivity index (χ1n) is 6.36. The van der Waals surface area contributed by atoms with Crippen molar-refractivity contribution in [2.24, 2.45) is 0 Å². The Kier molecular flexibility index (Phi) is 4.60. The van der Waals surface area contributed by atoms with Crippen molar-refractivity contribution in [3.05, 3.63) is 0 Å². The predicted octanol–water partition coefficient (Wildman–Crippen LogP) is 3.11. The van der Waals surface area contributed by atoms with Gasteiger partial charge >= 0.3 is 0 Å². The molecule has 1 aliphatic carbocycles. The summed E-state index contributed by atoms with van der Waals surface area (Å²) in [6.07, 6.45) is 6.18. The van der Waals surface area contributed by atoms with Gasteiger partial charge in [0.05, 0.1) is 5.60 Å². The van der Waals surface area contributed by atoms with E-state index in [1.165, 1.54) is 25.7 Å². The minimum Gasteiger partial charge on any atom is -0.375 e. The maximum absolute atomic E-state index is 5.99. The topological polar surface area (TPSA) is 21.3 Å². The highest BCUT2D eigenvalue weighted by Gasteiger charge is 2.37. The van der Waals surface area contributed by atoms with Gasteiger partial charge in [-0.15, -0.1) is 0 Å². The molecule has 0 aromatic rings. The molecule has 0 bridgehead atoms. The lowest BCUT2D eigenvalue weighted by atomic mass is 9.77. The van der Waals surface area contributed by atoms with Crippen LogP contribution in [0.2, 0.25) is 0 Å². The number of ether oxygens (including phenoxy) is 1. The fourth-order valence-electron chi connectivity index (χ4n) is 2.02. The molecule has 1 N–H and O–H groups in total. The Balaban J connectivity index is 2.22. The van der Waals surface area contributed by atoms with E-state index in [4.69, 9.17) is 4.74 Å². The zero-order chi connectivity index (χ0) is 11.4. The molecule has 1 fully saturated rings. The highest BCUT2D eigenvalue weighted by molar-refractivity contribution is 4.90. The van der Waals surface area contributed by atoms with Crippen molar-refractivity contribution in [3.63, 3.8) is 0 Å². The molecule has 0 aliphatic heterocycles. The average Bonchev–Trinajstić information content (AvgIpc) is 2.06. The van der Waals surface area contributed by atoms with Gasteiger partial charge in [0, 0.05) is 12.1 Å². The van der Waals surface area contributed by atoms with Crippen LogP contribution in [0, 0.1) is 0 Å². The highest BCUT2D eigenvalue weighted by atomic mass is 16.5.